The molecule has 1 amide bonds. The number of hydrogen-bond donors (Lipinski definition) is 2. The number of nitro groups is 1. The molecule has 0 heterocycles. The van der Waals surface area contributed by atoms with Crippen molar-refractivity contribution in [1.82, 2.24) is 5.32 Å². The third-order valence-electron chi connectivity index (χ3n) is 1.71. The highest BCUT2D eigenvalue weighted by Crippen LogP contribution is 2.17. The number of carbonyl (C=O) groups is 1. The summed E-state index contributed by atoms with van der Waals surface area (Å²) in [6.07, 6.45) is 8.88. The zero-order chi connectivity index (χ0) is 15.4. The van der Waals surface area contributed by atoms with Crippen LogP contribution in [0.3, 0.4) is 0 Å². The molecule has 1 aromatic carbocycles. The van der Waals surface area contributed by atoms with E-state index >= 15 is 0 Å². The summed E-state index contributed by atoms with van der Waals surface area (Å²) in [6, 6.07) is 5.13. The van der Waals surface area contributed by atoms with Gasteiger partial charge in [-0.15, -0.1) is 12.8 Å². The molecule has 0 saturated carbocycles. The van der Waals surface area contributed by atoms with Gasteiger partial charge in [-0.25, -0.2) is 4.79 Å². The van der Waals surface area contributed by atoms with Crippen LogP contribution in [-0.4, -0.2) is 24.1 Å². The summed E-state index contributed by atoms with van der Waals surface area (Å²) in [5.41, 5.74) is 4.72. The lowest BCUT2D eigenvalue weighted by Crippen LogP contribution is -2.26. The summed E-state index contributed by atoms with van der Waals surface area (Å²) in [4.78, 5) is 20.8. The molecule has 0 aromatic heterocycles. The monoisotopic (exact) mass is 275 g/mol. The van der Waals surface area contributed by atoms with Crippen LogP contribution < -0.4 is 15.8 Å². The van der Waals surface area contributed by atoms with Crippen LogP contribution in [0.5, 0.6) is 5.75 Å². The molecule has 0 aliphatic heterocycles. The predicted molar refractivity (Wildman–Crippen MR) is 73.8 cm³/mol. The molecule has 20 heavy (non-hydrogen) atoms. The summed E-state index contributed by atoms with van der Waals surface area (Å²) in [5, 5.41) is 12.6. The maximum absolute atomic E-state index is 11.0. The van der Waals surface area contributed by atoms with Gasteiger partial charge in [0.25, 0.3) is 5.69 Å². The highest BCUT2D eigenvalue weighted by Gasteiger charge is 2.06. The highest BCUT2D eigenvalue weighted by atomic mass is 16.6. The fourth-order valence-electron chi connectivity index (χ4n) is 0.902. The standard InChI is InChI=1S/C10H8N2O4.C3H5N/c1-2-7-11-10(13)16-9-5-3-8(4-6-9)12(14)15;1-2-3-4/h1,3-6H,7H2,(H,11,13);1H,3-4H2. The van der Waals surface area contributed by atoms with Crippen molar-refractivity contribution in [2.24, 2.45) is 5.73 Å². The Morgan fingerprint density at radius 2 is 1.90 bits per heavy atom. The molecule has 0 fully saturated rings. The van der Waals surface area contributed by atoms with Crippen LogP contribution in [-0.2, 0) is 0 Å². The summed E-state index contributed by atoms with van der Waals surface area (Å²) in [6.45, 7) is 0.409. The van der Waals surface area contributed by atoms with E-state index in [0.717, 1.165) is 0 Å². The number of ether oxygens (including phenoxy) is 1. The largest absolute Gasteiger partial charge is 0.413 e. The van der Waals surface area contributed by atoms with Crippen LogP contribution in [0.2, 0.25) is 0 Å². The van der Waals surface area contributed by atoms with E-state index in [1.54, 1.807) is 0 Å². The predicted octanol–water partition coefficient (Wildman–Crippen LogP) is 0.895. The van der Waals surface area contributed by atoms with E-state index < -0.39 is 11.0 Å². The molecule has 1 rings (SSSR count). The van der Waals surface area contributed by atoms with E-state index in [-0.39, 0.29) is 18.0 Å². The minimum Gasteiger partial charge on any atom is -0.410 e. The van der Waals surface area contributed by atoms with Gasteiger partial charge in [0.1, 0.15) is 5.75 Å². The minimum atomic E-state index is -0.702. The zero-order valence-corrected chi connectivity index (χ0v) is 10.5. The van der Waals surface area contributed by atoms with Gasteiger partial charge in [-0.3, -0.25) is 10.1 Å². The molecular formula is C13H13N3O4. The van der Waals surface area contributed by atoms with Gasteiger partial charge in [0.15, 0.2) is 0 Å². The molecule has 0 bridgehead atoms. The van der Waals surface area contributed by atoms with Crippen LogP contribution in [0.25, 0.3) is 0 Å². The summed E-state index contributed by atoms with van der Waals surface area (Å²) >= 11 is 0. The number of rotatable bonds is 3. The first-order valence-corrected chi connectivity index (χ1v) is 5.32. The number of carbonyl (C=O) groups excluding carboxylic acids is 1. The molecule has 0 spiro atoms. The highest BCUT2D eigenvalue weighted by molar-refractivity contribution is 5.70. The third-order valence-corrected chi connectivity index (χ3v) is 1.71. The van der Waals surface area contributed by atoms with E-state index in [2.05, 4.69) is 23.6 Å². The molecule has 104 valence electrons. The second kappa shape index (κ2) is 9.95. The van der Waals surface area contributed by atoms with E-state index in [9.17, 15) is 14.9 Å². The molecule has 7 heteroatoms. The second-order valence-electron chi connectivity index (χ2n) is 3.11. The molecule has 1 aromatic rings. The Hall–Kier alpha value is -3.03. The Balaban J connectivity index is 0.000000796. The van der Waals surface area contributed by atoms with Crippen molar-refractivity contribution in [3.05, 3.63) is 34.4 Å². The van der Waals surface area contributed by atoms with Gasteiger partial charge in [0.2, 0.25) is 0 Å². The Morgan fingerprint density at radius 1 is 1.35 bits per heavy atom. The fraction of sp³-hybridized carbons (Fsp3) is 0.154. The van der Waals surface area contributed by atoms with Crippen molar-refractivity contribution >= 4 is 11.8 Å². The van der Waals surface area contributed by atoms with Crippen molar-refractivity contribution < 1.29 is 14.5 Å². The topological polar surface area (TPSA) is 107 Å². The maximum Gasteiger partial charge on any atom is 0.413 e. The number of benzene rings is 1. The van der Waals surface area contributed by atoms with E-state index in [1.165, 1.54) is 24.3 Å². The molecule has 0 atom stereocenters. The maximum atomic E-state index is 11.0. The third kappa shape index (κ3) is 7.33. The Labute approximate surface area is 116 Å². The van der Waals surface area contributed by atoms with Crippen LogP contribution in [0.15, 0.2) is 24.3 Å². The van der Waals surface area contributed by atoms with Crippen molar-refractivity contribution in [2.45, 2.75) is 0 Å². The van der Waals surface area contributed by atoms with Crippen LogP contribution in [0, 0.1) is 34.8 Å². The lowest BCUT2D eigenvalue weighted by molar-refractivity contribution is -0.384. The quantitative estimate of drug-likeness (QED) is 0.484. The molecule has 0 radical (unpaired) electrons. The second-order valence-corrected chi connectivity index (χ2v) is 3.11. The normalized spacial score (nSPS) is 8.15. The summed E-state index contributed by atoms with van der Waals surface area (Å²) < 4.78 is 4.78. The molecule has 0 unspecified atom stereocenters. The molecule has 0 saturated heterocycles. The van der Waals surface area contributed by atoms with Crippen molar-refractivity contribution in [3.63, 3.8) is 0 Å². The van der Waals surface area contributed by atoms with Gasteiger partial charge in [-0.2, -0.15) is 0 Å². The summed E-state index contributed by atoms with van der Waals surface area (Å²) in [7, 11) is 0. The van der Waals surface area contributed by atoms with Gasteiger partial charge >= 0.3 is 6.09 Å². The number of nitrogens with zero attached hydrogens (tertiary/aromatic N) is 1. The van der Waals surface area contributed by atoms with Gasteiger partial charge < -0.3 is 15.8 Å². The number of terminal acetylenes is 2. The van der Waals surface area contributed by atoms with Crippen LogP contribution in [0.4, 0.5) is 10.5 Å². The lowest BCUT2D eigenvalue weighted by atomic mass is 10.3. The van der Waals surface area contributed by atoms with Crippen LogP contribution in [0.1, 0.15) is 0 Å². The molecule has 7 nitrogen and oxygen atoms in total. The first kappa shape index (κ1) is 17.0. The molecule has 3 N–H and O–H groups in total. The number of hydrogen-bond acceptors (Lipinski definition) is 5. The Bertz CT molecular complexity index is 526. The molecular weight excluding hydrogens is 262 g/mol. The fourth-order valence-corrected chi connectivity index (χ4v) is 0.902. The van der Waals surface area contributed by atoms with Gasteiger partial charge in [0, 0.05) is 12.1 Å². The van der Waals surface area contributed by atoms with E-state index in [0.29, 0.717) is 6.54 Å². The Morgan fingerprint density at radius 3 is 2.30 bits per heavy atom. The number of amides is 1. The SMILES string of the molecule is C#CCN.C#CCNC(=O)Oc1ccc([N+](=O)[O-])cc1. The van der Waals surface area contributed by atoms with Crippen molar-refractivity contribution in [1.29, 1.82) is 0 Å². The lowest BCUT2D eigenvalue weighted by Gasteiger charge is -2.03. The molecule has 0 aliphatic carbocycles. The average Bonchev–Trinajstić information content (AvgIpc) is 2.46. The molecule has 0 aliphatic rings. The zero-order valence-electron chi connectivity index (χ0n) is 10.5. The number of nitrogens with two attached hydrogens (primary N) is 1. The number of nitro benzene ring substituents is 1. The average molecular weight is 275 g/mol. The minimum absolute atomic E-state index is 0.0613. The number of non-ortho nitro benzene ring substituents is 1. The summed E-state index contributed by atoms with van der Waals surface area (Å²) in [5.74, 6) is 4.62. The first-order valence-electron chi connectivity index (χ1n) is 5.32. The first-order chi connectivity index (χ1) is 9.54. The van der Waals surface area contributed by atoms with Gasteiger partial charge in [0.05, 0.1) is 18.0 Å². The van der Waals surface area contributed by atoms with Crippen molar-refractivity contribution in [2.75, 3.05) is 13.1 Å². The van der Waals surface area contributed by atoms with Gasteiger partial charge in [-0.05, 0) is 12.1 Å². The smallest absolute Gasteiger partial charge is 0.410 e. The van der Waals surface area contributed by atoms with E-state index in [1.807, 2.05) is 0 Å². The van der Waals surface area contributed by atoms with Crippen molar-refractivity contribution in [3.8, 4) is 30.4 Å². The van der Waals surface area contributed by atoms with E-state index in [4.69, 9.17) is 16.9 Å². The Kier molecular flexibility index (Phi) is 8.44. The number of nitrogens with one attached hydrogen (secondary N) is 1. The van der Waals surface area contributed by atoms with Crippen LogP contribution >= 0.6 is 0 Å². The van der Waals surface area contributed by atoms with Gasteiger partial charge in [-0.1, -0.05) is 11.8 Å².